The van der Waals surface area contributed by atoms with Crippen molar-refractivity contribution in [3.8, 4) is 5.69 Å². The number of benzene rings is 1. The Balaban J connectivity index is 1.01. The molecule has 0 bridgehead atoms. The van der Waals surface area contributed by atoms with Gasteiger partial charge in [0.15, 0.2) is 0 Å². The number of halogens is 3. The molecule has 0 aliphatic heterocycles. The lowest BCUT2D eigenvalue weighted by molar-refractivity contribution is -0.134. The number of aliphatic hydroxyl groups excluding tert-OH is 1. The molecule has 6 nitrogen and oxygen atoms in total. The van der Waals surface area contributed by atoms with E-state index >= 15 is 0 Å². The molecule has 236 valence electrons. The second kappa shape index (κ2) is 10.0. The van der Waals surface area contributed by atoms with Crippen molar-refractivity contribution >= 4 is 12.0 Å². The number of allylic oxidation sites excluding steroid dienone is 1. The minimum Gasteiger partial charge on any atom is -0.393 e. The van der Waals surface area contributed by atoms with Gasteiger partial charge < -0.3 is 10.4 Å². The molecule has 7 atom stereocenters. The molecule has 1 amide bonds. The standard InChI is InChI=1S/C36H39F3N4O2/c1-34-17-30(44)32-26(9-3-21-13-29-20(16-35(21,32)2)18-41-43(29)25-7-5-23(37)6-8-25)27(34)10-4-22(34)14-31(45)42-36(11-12-36)33-28(39)15-24(38)19-40-33/h5-8,13,15,18-19,22,26-27,30,32,44H,3-4,9-12,14,16-17H2,1-2H3,(H,42,45). The van der Waals surface area contributed by atoms with Gasteiger partial charge in [-0.25, -0.2) is 17.9 Å². The van der Waals surface area contributed by atoms with Gasteiger partial charge in [0.05, 0.1) is 35.4 Å². The molecule has 0 radical (unpaired) electrons. The van der Waals surface area contributed by atoms with Crippen LogP contribution in [0.25, 0.3) is 11.8 Å². The van der Waals surface area contributed by atoms with Gasteiger partial charge in [-0.2, -0.15) is 5.10 Å². The number of nitrogens with zero attached hydrogens (tertiary/aromatic N) is 3. The molecule has 2 aromatic heterocycles. The van der Waals surface area contributed by atoms with E-state index in [0.717, 1.165) is 61.3 Å². The Kier molecular flexibility index (Phi) is 6.45. The molecular formula is C36H39F3N4O2. The van der Waals surface area contributed by atoms with Gasteiger partial charge in [-0.05, 0) is 122 Å². The van der Waals surface area contributed by atoms with Crippen molar-refractivity contribution < 1.29 is 23.1 Å². The molecule has 2 N–H and O–H groups in total. The quantitative estimate of drug-likeness (QED) is 0.337. The average Bonchev–Trinajstić information content (AvgIpc) is 3.53. The summed E-state index contributed by atoms with van der Waals surface area (Å²) in [6.07, 6.45) is 11.6. The van der Waals surface area contributed by atoms with Crippen LogP contribution < -0.4 is 5.32 Å². The van der Waals surface area contributed by atoms with Crippen molar-refractivity contribution in [2.75, 3.05) is 0 Å². The monoisotopic (exact) mass is 616 g/mol. The van der Waals surface area contributed by atoms with Crippen molar-refractivity contribution in [3.05, 3.63) is 82.7 Å². The number of pyridine rings is 1. The maximum absolute atomic E-state index is 14.5. The summed E-state index contributed by atoms with van der Waals surface area (Å²) in [5.41, 5.74) is 3.28. The molecule has 7 unspecified atom stereocenters. The Labute approximate surface area is 261 Å². The highest BCUT2D eigenvalue weighted by Crippen LogP contribution is 2.67. The minimum atomic E-state index is -0.851. The summed E-state index contributed by atoms with van der Waals surface area (Å²) in [5.74, 6) is -0.845. The van der Waals surface area contributed by atoms with Crippen molar-refractivity contribution in [2.45, 2.75) is 83.3 Å². The molecular weight excluding hydrogens is 577 g/mol. The second-order valence-electron chi connectivity index (χ2n) is 14.9. The van der Waals surface area contributed by atoms with E-state index in [-0.39, 0.29) is 40.1 Å². The first-order chi connectivity index (χ1) is 21.5. The van der Waals surface area contributed by atoms with E-state index in [0.29, 0.717) is 37.5 Å². The molecule has 1 aromatic carbocycles. The number of hydrogen-bond donors (Lipinski definition) is 2. The van der Waals surface area contributed by atoms with E-state index < -0.39 is 23.3 Å². The topological polar surface area (TPSA) is 80.0 Å². The lowest BCUT2D eigenvalue weighted by atomic mass is 9.46. The van der Waals surface area contributed by atoms with Gasteiger partial charge in [-0.3, -0.25) is 9.78 Å². The number of carbonyl (C=O) groups excluding carboxylic acids is 1. The second-order valence-corrected chi connectivity index (χ2v) is 14.9. The summed E-state index contributed by atoms with van der Waals surface area (Å²) < 4.78 is 43.5. The third-order valence-electron chi connectivity index (χ3n) is 12.5. The van der Waals surface area contributed by atoms with Gasteiger partial charge in [0.1, 0.15) is 23.1 Å². The number of aliphatic hydroxyl groups is 1. The smallest absolute Gasteiger partial charge is 0.221 e. The van der Waals surface area contributed by atoms with Gasteiger partial charge in [0.25, 0.3) is 0 Å². The highest BCUT2D eigenvalue weighted by atomic mass is 19.1. The Bertz CT molecular complexity index is 1720. The number of nitrogens with one attached hydrogen (secondary N) is 1. The zero-order chi connectivity index (χ0) is 31.3. The first-order valence-electron chi connectivity index (χ1n) is 16.4. The zero-order valence-electron chi connectivity index (χ0n) is 25.7. The lowest BCUT2D eigenvalue weighted by Crippen LogP contribution is -2.57. The molecule has 9 heteroatoms. The maximum atomic E-state index is 14.5. The van der Waals surface area contributed by atoms with E-state index in [1.165, 1.54) is 17.7 Å². The summed E-state index contributed by atoms with van der Waals surface area (Å²) in [7, 11) is 0. The van der Waals surface area contributed by atoms with Crippen LogP contribution in [0.3, 0.4) is 0 Å². The summed E-state index contributed by atoms with van der Waals surface area (Å²) >= 11 is 0. The van der Waals surface area contributed by atoms with Crippen LogP contribution in [0, 0.1) is 52.0 Å². The normalized spacial score (nSPS) is 34.2. The maximum Gasteiger partial charge on any atom is 0.221 e. The Hall–Kier alpha value is -3.46. The van der Waals surface area contributed by atoms with Crippen LogP contribution in [0.2, 0.25) is 0 Å². The molecule has 2 heterocycles. The van der Waals surface area contributed by atoms with E-state index in [2.05, 4.69) is 35.3 Å². The van der Waals surface area contributed by atoms with E-state index in [1.54, 1.807) is 12.1 Å². The Morgan fingerprint density at radius 2 is 1.84 bits per heavy atom. The largest absolute Gasteiger partial charge is 0.393 e. The average molecular weight is 617 g/mol. The molecule has 45 heavy (non-hydrogen) atoms. The van der Waals surface area contributed by atoms with Crippen LogP contribution in [0.4, 0.5) is 13.2 Å². The highest BCUT2D eigenvalue weighted by Gasteiger charge is 2.62. The Morgan fingerprint density at radius 3 is 2.58 bits per heavy atom. The predicted molar refractivity (Wildman–Crippen MR) is 162 cm³/mol. The van der Waals surface area contributed by atoms with Crippen LogP contribution in [0.1, 0.15) is 82.2 Å². The SMILES string of the molecule is CC12Cc3cnn(-c4ccc(F)cc4)c3C=C1CCC1C2C(O)CC2(C)C(CC(=O)NC3(c4ncc(F)cc4F)CC3)CCC12. The molecule has 5 aliphatic rings. The third kappa shape index (κ3) is 4.43. The molecule has 0 saturated heterocycles. The summed E-state index contributed by atoms with van der Waals surface area (Å²) in [6.45, 7) is 4.59. The number of aromatic nitrogens is 3. The number of rotatable bonds is 5. The fraction of sp³-hybridized carbons (Fsp3) is 0.528. The van der Waals surface area contributed by atoms with E-state index in [4.69, 9.17) is 0 Å². The first-order valence-corrected chi connectivity index (χ1v) is 16.4. The van der Waals surface area contributed by atoms with Gasteiger partial charge in [-0.15, -0.1) is 0 Å². The number of hydrogen-bond acceptors (Lipinski definition) is 4. The van der Waals surface area contributed by atoms with Gasteiger partial charge in [-0.1, -0.05) is 19.4 Å². The molecule has 4 fully saturated rings. The van der Waals surface area contributed by atoms with E-state index in [9.17, 15) is 23.1 Å². The van der Waals surface area contributed by atoms with Crippen molar-refractivity contribution in [2.24, 2.45) is 34.5 Å². The van der Waals surface area contributed by atoms with Crippen LogP contribution >= 0.6 is 0 Å². The number of amides is 1. The third-order valence-corrected chi connectivity index (χ3v) is 12.5. The summed E-state index contributed by atoms with van der Waals surface area (Å²) in [5, 5.41) is 19.7. The van der Waals surface area contributed by atoms with Crippen molar-refractivity contribution in [3.63, 3.8) is 0 Å². The predicted octanol–water partition coefficient (Wildman–Crippen LogP) is 6.65. The molecule has 8 rings (SSSR count). The molecule has 0 spiro atoms. The van der Waals surface area contributed by atoms with E-state index in [1.807, 2.05) is 10.9 Å². The molecule has 3 aromatic rings. The summed E-state index contributed by atoms with van der Waals surface area (Å²) in [4.78, 5) is 17.4. The minimum absolute atomic E-state index is 0.113. The van der Waals surface area contributed by atoms with Gasteiger partial charge in [0.2, 0.25) is 5.91 Å². The van der Waals surface area contributed by atoms with Crippen LogP contribution in [-0.4, -0.2) is 31.9 Å². The number of carbonyl (C=O) groups is 1. The first kappa shape index (κ1) is 29.0. The molecule has 4 saturated carbocycles. The zero-order valence-corrected chi connectivity index (χ0v) is 25.7. The fourth-order valence-corrected chi connectivity index (χ4v) is 10.3. The van der Waals surface area contributed by atoms with Crippen LogP contribution in [0.15, 0.2) is 48.3 Å². The van der Waals surface area contributed by atoms with Crippen molar-refractivity contribution in [1.29, 1.82) is 0 Å². The molecule has 5 aliphatic carbocycles. The van der Waals surface area contributed by atoms with Gasteiger partial charge in [0, 0.05) is 12.5 Å². The van der Waals surface area contributed by atoms with Crippen molar-refractivity contribution in [1.82, 2.24) is 20.1 Å². The van der Waals surface area contributed by atoms with Crippen LogP contribution in [-0.2, 0) is 16.8 Å². The summed E-state index contributed by atoms with van der Waals surface area (Å²) in [6, 6.07) is 7.23. The lowest BCUT2D eigenvalue weighted by Gasteiger charge is -2.59. The number of fused-ring (bicyclic) bond motifs is 6. The van der Waals surface area contributed by atoms with Gasteiger partial charge >= 0.3 is 0 Å². The highest BCUT2D eigenvalue weighted by molar-refractivity contribution is 5.78. The van der Waals surface area contributed by atoms with Crippen LogP contribution in [0.5, 0.6) is 0 Å². The Morgan fingerprint density at radius 1 is 1.07 bits per heavy atom. The fourth-order valence-electron chi connectivity index (χ4n) is 10.3.